The minimum Gasteiger partial charge on any atom is -0.488 e. The van der Waals surface area contributed by atoms with Crippen molar-refractivity contribution in [2.45, 2.75) is 38.4 Å². The molecule has 0 fully saturated rings. The lowest BCUT2D eigenvalue weighted by molar-refractivity contribution is -0.402. The zero-order chi connectivity index (χ0) is 29.0. The summed E-state index contributed by atoms with van der Waals surface area (Å²) in [5.74, 6) is -0.177. The lowest BCUT2D eigenvalue weighted by Gasteiger charge is -2.22. The second kappa shape index (κ2) is 15.0. The predicted molar refractivity (Wildman–Crippen MR) is 138 cm³/mol. The van der Waals surface area contributed by atoms with Crippen LogP contribution in [0.1, 0.15) is 34.8 Å². The minimum atomic E-state index is -4.42. The monoisotopic (exact) mass is 557 g/mol. The Hall–Kier alpha value is -3.78. The average Bonchev–Trinajstić information content (AvgIpc) is 3.26. The van der Waals surface area contributed by atoms with Gasteiger partial charge >= 0.3 is 6.18 Å². The third-order valence-electron chi connectivity index (χ3n) is 5.70. The molecule has 1 heterocycles. The molecule has 39 heavy (non-hydrogen) atoms. The Kier molecular flexibility index (Phi) is 12.1. The molecule has 1 atom stereocenters. The first-order valence-electron chi connectivity index (χ1n) is 12.2. The number of hydrogen-bond acceptors (Lipinski definition) is 9. The molecular weight excluding hydrogens is 525 g/mol. The van der Waals surface area contributed by atoms with Crippen molar-refractivity contribution >= 4 is 11.6 Å². The smallest absolute Gasteiger partial charge is 0.422 e. The van der Waals surface area contributed by atoms with E-state index < -0.39 is 23.8 Å². The largest absolute Gasteiger partial charge is 0.488 e. The molecule has 0 saturated heterocycles. The first-order chi connectivity index (χ1) is 18.4. The number of ether oxygens (including phenoxy) is 2. The van der Waals surface area contributed by atoms with E-state index in [1.165, 1.54) is 6.07 Å². The van der Waals surface area contributed by atoms with Gasteiger partial charge in [0.15, 0.2) is 18.1 Å². The van der Waals surface area contributed by atoms with E-state index in [2.05, 4.69) is 16.3 Å². The van der Waals surface area contributed by atoms with Crippen LogP contribution in [0, 0.1) is 15.3 Å². The number of aliphatic hydroxyl groups is 1. The highest BCUT2D eigenvalue weighted by Gasteiger charge is 2.29. The van der Waals surface area contributed by atoms with E-state index in [0.717, 1.165) is 29.8 Å². The summed E-state index contributed by atoms with van der Waals surface area (Å²) in [6, 6.07) is 10.2. The van der Waals surface area contributed by atoms with Crippen LogP contribution in [0.3, 0.4) is 0 Å². The molecule has 1 aliphatic heterocycles. The van der Waals surface area contributed by atoms with Gasteiger partial charge in [-0.05, 0) is 55.5 Å². The number of carbonyl (C=O) groups excluding carboxylic acids is 1. The van der Waals surface area contributed by atoms with Gasteiger partial charge in [-0.25, -0.2) is 0 Å². The van der Waals surface area contributed by atoms with Crippen LogP contribution in [-0.2, 0) is 12.8 Å². The van der Waals surface area contributed by atoms with E-state index in [9.17, 15) is 18.0 Å². The highest BCUT2D eigenvalue weighted by Crippen LogP contribution is 2.33. The van der Waals surface area contributed by atoms with Crippen molar-refractivity contribution in [2.24, 2.45) is 5.73 Å². The molecule has 0 aromatic heterocycles. The van der Waals surface area contributed by atoms with Crippen molar-refractivity contribution in [3.05, 3.63) is 68.4 Å². The number of nitrogens with zero attached hydrogens (tertiary/aromatic N) is 2. The van der Waals surface area contributed by atoms with Gasteiger partial charge in [0.2, 0.25) is 0 Å². The van der Waals surface area contributed by atoms with Crippen LogP contribution in [0.4, 0.5) is 18.9 Å². The van der Waals surface area contributed by atoms with Gasteiger partial charge in [-0.2, -0.15) is 13.2 Å². The highest BCUT2D eigenvalue weighted by molar-refractivity contribution is 6.00. The van der Waals surface area contributed by atoms with Crippen LogP contribution in [0.15, 0.2) is 36.4 Å². The molecule has 0 radical (unpaired) electrons. The van der Waals surface area contributed by atoms with E-state index >= 15 is 0 Å². The molecule has 3 rings (SSSR count). The Labute approximate surface area is 223 Å². The number of alkyl halides is 3. The summed E-state index contributed by atoms with van der Waals surface area (Å²) >= 11 is 0. The van der Waals surface area contributed by atoms with Crippen molar-refractivity contribution in [1.29, 1.82) is 0 Å². The minimum absolute atomic E-state index is 0.0445. The number of benzene rings is 2. The molecule has 0 aliphatic carbocycles. The van der Waals surface area contributed by atoms with Crippen molar-refractivity contribution in [3.8, 4) is 11.5 Å². The number of halogens is 3. The summed E-state index contributed by atoms with van der Waals surface area (Å²) < 4.78 is 47.8. The second-order valence-electron chi connectivity index (χ2n) is 8.81. The summed E-state index contributed by atoms with van der Waals surface area (Å²) in [7, 11) is 0. The molecule has 2 aromatic rings. The first-order valence-corrected chi connectivity index (χ1v) is 12.2. The number of primary amides is 1. The molecule has 4 N–H and O–H groups in total. The predicted octanol–water partition coefficient (Wildman–Crippen LogP) is 2.83. The Balaban J connectivity index is 0.00000124. The summed E-state index contributed by atoms with van der Waals surface area (Å²) in [5, 5.41) is 27.2. The number of carbonyl (C=O) groups is 1. The Morgan fingerprint density at radius 2 is 1.87 bits per heavy atom. The number of fused-ring (bicyclic) bond motifs is 1. The third kappa shape index (κ3) is 10.9. The van der Waals surface area contributed by atoms with E-state index in [1.807, 2.05) is 13.0 Å². The number of rotatable bonds is 13. The van der Waals surface area contributed by atoms with Crippen LogP contribution in [-0.4, -0.2) is 67.8 Å². The molecular formula is C25H32F3N4O7-. The molecule has 1 aliphatic rings. The zero-order valence-electron chi connectivity index (χ0n) is 21.4. The van der Waals surface area contributed by atoms with Crippen LogP contribution < -0.4 is 25.4 Å². The van der Waals surface area contributed by atoms with Gasteiger partial charge in [-0.15, -0.1) is 0 Å². The summed E-state index contributed by atoms with van der Waals surface area (Å²) in [6.45, 7) is 2.89. The van der Waals surface area contributed by atoms with Crippen molar-refractivity contribution < 1.29 is 37.6 Å². The fourth-order valence-electron chi connectivity index (χ4n) is 4.22. The zero-order valence-corrected chi connectivity index (χ0v) is 21.4. The summed E-state index contributed by atoms with van der Waals surface area (Å²) in [5.41, 5.74) is 9.12. The molecule has 11 nitrogen and oxygen atoms in total. The highest BCUT2D eigenvalue weighted by atomic mass is 19.4. The number of amides is 1. The second-order valence-corrected chi connectivity index (χ2v) is 8.81. The van der Waals surface area contributed by atoms with Gasteiger partial charge in [-0.3, -0.25) is 4.79 Å². The van der Waals surface area contributed by atoms with Crippen molar-refractivity contribution in [1.82, 2.24) is 5.32 Å². The fraction of sp³-hybridized carbons (Fsp3) is 0.480. The van der Waals surface area contributed by atoms with Crippen LogP contribution >= 0.6 is 0 Å². The first kappa shape index (κ1) is 31.4. The number of nitrogens with two attached hydrogens (primary N) is 1. The maximum absolute atomic E-state index is 12.4. The number of anilines is 1. The van der Waals surface area contributed by atoms with Crippen LogP contribution in [0.2, 0.25) is 0 Å². The normalized spacial score (nSPS) is 13.2. The van der Waals surface area contributed by atoms with Gasteiger partial charge in [0, 0.05) is 32.3 Å². The van der Waals surface area contributed by atoms with E-state index in [1.54, 1.807) is 18.2 Å². The molecule has 0 spiro atoms. The number of para-hydroxylation sites is 2. The Morgan fingerprint density at radius 3 is 2.46 bits per heavy atom. The Bertz CT molecular complexity index is 1100. The number of hydrogen-bond donors (Lipinski definition) is 3. The average molecular weight is 558 g/mol. The number of nitrogens with one attached hydrogen (secondary N) is 1. The van der Waals surface area contributed by atoms with Gasteiger partial charge in [0.1, 0.15) is 6.61 Å². The SMILES string of the molecule is C[C@H](Cc1cc2c(c(C(N)=O)c1)N(CCCO)CC2)NCCOc1ccccc1OCC(F)(F)F.O=[N+]([O-])[O-]. The molecule has 0 unspecified atom stereocenters. The van der Waals surface area contributed by atoms with Crippen LogP contribution in [0.25, 0.3) is 0 Å². The van der Waals surface area contributed by atoms with Crippen molar-refractivity contribution in [2.75, 3.05) is 44.4 Å². The summed E-state index contributed by atoms with van der Waals surface area (Å²) in [4.78, 5) is 22.5. The van der Waals surface area contributed by atoms with E-state index in [-0.39, 0.29) is 30.8 Å². The van der Waals surface area contributed by atoms with Gasteiger partial charge < -0.3 is 45.9 Å². The van der Waals surface area contributed by atoms with Gasteiger partial charge in [0.05, 0.1) is 16.3 Å². The lowest BCUT2D eigenvalue weighted by atomic mass is 9.98. The van der Waals surface area contributed by atoms with E-state index in [0.29, 0.717) is 31.5 Å². The standard InChI is InChI=1S/C25H32F3N3O4.NO3/c1-17(30-8-12-34-21-5-2-3-6-22(21)35-16-25(26,27)28)13-18-14-19-7-10-31(9-4-11-32)23(19)20(15-18)24(29)33;2-1(3)4/h2-3,5-6,14-15,17,30,32H,4,7-13,16H2,1H3,(H2,29,33);/q;-1/t17-;/m1./s1. The molecule has 0 bridgehead atoms. The molecule has 14 heteroatoms. The lowest BCUT2D eigenvalue weighted by Crippen LogP contribution is -2.32. The number of aliphatic hydroxyl groups excluding tert-OH is 1. The molecule has 1 amide bonds. The topological polar surface area (TPSA) is 163 Å². The Morgan fingerprint density at radius 1 is 1.23 bits per heavy atom. The van der Waals surface area contributed by atoms with Crippen molar-refractivity contribution in [3.63, 3.8) is 0 Å². The fourth-order valence-corrected chi connectivity index (χ4v) is 4.22. The van der Waals surface area contributed by atoms with Gasteiger partial charge in [0.25, 0.3) is 5.91 Å². The molecule has 216 valence electrons. The maximum Gasteiger partial charge on any atom is 0.422 e. The summed E-state index contributed by atoms with van der Waals surface area (Å²) in [6.07, 6.45) is -2.31. The van der Waals surface area contributed by atoms with Crippen LogP contribution in [0.5, 0.6) is 11.5 Å². The quantitative estimate of drug-likeness (QED) is 0.191. The third-order valence-corrected chi connectivity index (χ3v) is 5.70. The maximum atomic E-state index is 12.4. The molecule has 2 aromatic carbocycles. The molecule has 0 saturated carbocycles. The van der Waals surface area contributed by atoms with E-state index in [4.69, 9.17) is 35.6 Å². The van der Waals surface area contributed by atoms with Gasteiger partial charge in [-0.1, -0.05) is 18.2 Å².